The van der Waals surface area contributed by atoms with Crippen LogP contribution in [0, 0.1) is 0 Å². The van der Waals surface area contributed by atoms with E-state index in [1.165, 1.54) is 0 Å². The van der Waals surface area contributed by atoms with Crippen LogP contribution in [0.25, 0.3) is 0 Å². The third-order valence-corrected chi connectivity index (χ3v) is 3.75. The summed E-state index contributed by atoms with van der Waals surface area (Å²) in [6.45, 7) is 3.46. The average Bonchev–Trinajstić information content (AvgIpc) is 2.84. The highest BCUT2D eigenvalue weighted by Gasteiger charge is 2.27. The number of rotatable bonds is 7. The summed E-state index contributed by atoms with van der Waals surface area (Å²) in [6.07, 6.45) is 4.06. The van der Waals surface area contributed by atoms with E-state index in [1.807, 2.05) is 10.6 Å². The second-order valence-electron chi connectivity index (χ2n) is 5.25. The van der Waals surface area contributed by atoms with Crippen molar-refractivity contribution in [3.63, 3.8) is 0 Å². The smallest absolute Gasteiger partial charge is 0.354 e. The van der Waals surface area contributed by atoms with Crippen molar-refractivity contribution in [1.82, 2.24) is 4.57 Å². The first-order valence-electron chi connectivity index (χ1n) is 7.60. The molecule has 0 bridgehead atoms. The highest BCUT2D eigenvalue weighted by molar-refractivity contribution is 6.00. The van der Waals surface area contributed by atoms with Crippen molar-refractivity contribution >= 4 is 11.8 Å². The molecule has 5 heteroatoms. The van der Waals surface area contributed by atoms with E-state index in [9.17, 15) is 9.59 Å². The normalized spacial score (nSPS) is 14.1. The summed E-state index contributed by atoms with van der Waals surface area (Å²) in [5, 5.41) is 0. The Hall–Kier alpha value is -1.62. The molecule has 0 amide bonds. The van der Waals surface area contributed by atoms with Crippen molar-refractivity contribution in [2.75, 3.05) is 20.3 Å². The van der Waals surface area contributed by atoms with E-state index in [0.717, 1.165) is 31.2 Å². The van der Waals surface area contributed by atoms with Gasteiger partial charge in [-0.1, -0.05) is 0 Å². The number of hydrogen-bond acceptors (Lipinski definition) is 4. The number of Topliss-reactive ketones (excluding diaryl/α,β-unsaturated/α-hetero) is 1. The highest BCUT2D eigenvalue weighted by Crippen LogP contribution is 2.26. The minimum atomic E-state index is -0.341. The second kappa shape index (κ2) is 7.41. The minimum absolute atomic E-state index is 0.138. The molecular formula is C16H23NO4. The monoisotopic (exact) mass is 293 g/mol. The fourth-order valence-electron chi connectivity index (χ4n) is 2.81. The second-order valence-corrected chi connectivity index (χ2v) is 5.25. The van der Waals surface area contributed by atoms with Crippen LogP contribution in [0.5, 0.6) is 0 Å². The molecule has 0 N–H and O–H groups in total. The number of aromatic nitrogens is 1. The molecule has 1 aromatic rings. The number of methoxy groups -OCH3 is 1. The van der Waals surface area contributed by atoms with E-state index in [0.29, 0.717) is 37.6 Å². The molecule has 21 heavy (non-hydrogen) atoms. The fraction of sp³-hybridized carbons (Fsp3) is 0.625. The molecule has 0 aromatic carbocycles. The Kier molecular flexibility index (Phi) is 5.56. The Morgan fingerprint density at radius 1 is 1.33 bits per heavy atom. The summed E-state index contributed by atoms with van der Waals surface area (Å²) < 4.78 is 12.0. The van der Waals surface area contributed by atoms with Gasteiger partial charge in [0.1, 0.15) is 5.69 Å². The molecule has 0 saturated carbocycles. The van der Waals surface area contributed by atoms with Gasteiger partial charge in [-0.15, -0.1) is 0 Å². The summed E-state index contributed by atoms with van der Waals surface area (Å²) in [6, 6.07) is 1.83. The Balaban J connectivity index is 2.26. The molecule has 116 valence electrons. The van der Waals surface area contributed by atoms with Crippen molar-refractivity contribution in [3.8, 4) is 0 Å². The molecule has 1 aliphatic rings. The lowest BCUT2D eigenvalue weighted by Crippen LogP contribution is -2.19. The van der Waals surface area contributed by atoms with Crippen molar-refractivity contribution in [1.29, 1.82) is 0 Å². The van der Waals surface area contributed by atoms with Crippen LogP contribution in [0.4, 0.5) is 0 Å². The van der Waals surface area contributed by atoms with Crippen molar-refractivity contribution in [2.24, 2.45) is 0 Å². The van der Waals surface area contributed by atoms with E-state index in [2.05, 4.69) is 0 Å². The molecule has 0 radical (unpaired) electrons. The van der Waals surface area contributed by atoms with Crippen LogP contribution in [0.15, 0.2) is 6.07 Å². The van der Waals surface area contributed by atoms with Gasteiger partial charge in [-0.3, -0.25) is 4.79 Å². The van der Waals surface area contributed by atoms with Crippen LogP contribution >= 0.6 is 0 Å². The maximum Gasteiger partial charge on any atom is 0.354 e. The van der Waals surface area contributed by atoms with Gasteiger partial charge >= 0.3 is 5.97 Å². The highest BCUT2D eigenvalue weighted by atomic mass is 16.5. The first-order chi connectivity index (χ1) is 10.2. The first-order valence-corrected chi connectivity index (χ1v) is 7.60. The average molecular weight is 293 g/mol. The predicted octanol–water partition coefficient (Wildman–Crippen LogP) is 2.61. The SMILES string of the molecule is CCOC(=O)c1cc2c(n1CCCCOC)C(=O)CCC2. The lowest BCUT2D eigenvalue weighted by Gasteiger charge is -2.15. The number of hydrogen-bond donors (Lipinski definition) is 0. The molecule has 2 rings (SSSR count). The van der Waals surface area contributed by atoms with Crippen LogP contribution in [-0.2, 0) is 22.4 Å². The maximum atomic E-state index is 12.2. The Morgan fingerprint density at radius 2 is 2.14 bits per heavy atom. The molecule has 0 fully saturated rings. The van der Waals surface area contributed by atoms with Gasteiger partial charge in [0.25, 0.3) is 0 Å². The number of nitrogens with zero attached hydrogens (tertiary/aromatic N) is 1. The maximum absolute atomic E-state index is 12.2. The van der Waals surface area contributed by atoms with Gasteiger partial charge in [-0.2, -0.15) is 0 Å². The van der Waals surface area contributed by atoms with Crippen molar-refractivity contribution in [3.05, 3.63) is 23.0 Å². The summed E-state index contributed by atoms with van der Waals surface area (Å²) in [7, 11) is 1.67. The van der Waals surface area contributed by atoms with Crippen LogP contribution in [0.3, 0.4) is 0 Å². The van der Waals surface area contributed by atoms with Crippen molar-refractivity contribution < 1.29 is 19.1 Å². The third-order valence-electron chi connectivity index (χ3n) is 3.75. The molecule has 0 unspecified atom stereocenters. The minimum Gasteiger partial charge on any atom is -0.461 e. The van der Waals surface area contributed by atoms with Gasteiger partial charge < -0.3 is 14.0 Å². The van der Waals surface area contributed by atoms with Crippen molar-refractivity contribution in [2.45, 2.75) is 45.6 Å². The van der Waals surface area contributed by atoms with Crippen LogP contribution in [0.2, 0.25) is 0 Å². The fourth-order valence-corrected chi connectivity index (χ4v) is 2.81. The van der Waals surface area contributed by atoms with Crippen LogP contribution < -0.4 is 0 Å². The number of ether oxygens (including phenoxy) is 2. The lowest BCUT2D eigenvalue weighted by atomic mass is 9.97. The summed E-state index contributed by atoms with van der Waals surface area (Å²) in [5.41, 5.74) is 2.21. The Bertz CT molecular complexity index is 519. The summed E-state index contributed by atoms with van der Waals surface area (Å²) in [4.78, 5) is 24.3. The standard InChI is InChI=1S/C16H23NO4/c1-3-21-16(19)13-11-12-7-6-8-14(18)15(12)17(13)9-4-5-10-20-2/h11H,3-10H2,1-2H3. The van der Waals surface area contributed by atoms with Gasteiger partial charge in [-0.05, 0) is 44.2 Å². The Morgan fingerprint density at radius 3 is 2.86 bits per heavy atom. The molecule has 0 atom stereocenters. The van der Waals surface area contributed by atoms with Gasteiger partial charge in [-0.25, -0.2) is 4.79 Å². The molecular weight excluding hydrogens is 270 g/mol. The Labute approximate surface area is 125 Å². The zero-order chi connectivity index (χ0) is 15.2. The first kappa shape index (κ1) is 15.8. The zero-order valence-electron chi connectivity index (χ0n) is 12.8. The number of carbonyl (C=O) groups excluding carboxylic acids is 2. The lowest BCUT2D eigenvalue weighted by molar-refractivity contribution is 0.0513. The number of carbonyl (C=O) groups is 2. The molecule has 1 aromatic heterocycles. The molecule has 1 aliphatic carbocycles. The van der Waals surface area contributed by atoms with Gasteiger partial charge in [0.2, 0.25) is 0 Å². The van der Waals surface area contributed by atoms with Crippen LogP contribution in [-0.4, -0.2) is 36.6 Å². The number of ketones is 1. The van der Waals surface area contributed by atoms with Gasteiger partial charge in [0, 0.05) is 26.7 Å². The largest absolute Gasteiger partial charge is 0.461 e. The molecule has 0 spiro atoms. The van der Waals surface area contributed by atoms with E-state index in [-0.39, 0.29) is 11.8 Å². The number of esters is 1. The quantitative estimate of drug-likeness (QED) is 0.573. The third kappa shape index (κ3) is 3.53. The van der Waals surface area contributed by atoms with Gasteiger partial charge in [0.05, 0.1) is 12.3 Å². The predicted molar refractivity (Wildman–Crippen MR) is 78.8 cm³/mol. The number of unbranched alkanes of at least 4 members (excludes halogenated alkanes) is 1. The number of aryl methyl sites for hydroxylation is 1. The topological polar surface area (TPSA) is 57.5 Å². The molecule has 5 nitrogen and oxygen atoms in total. The van der Waals surface area contributed by atoms with E-state index in [1.54, 1.807) is 14.0 Å². The zero-order valence-corrected chi connectivity index (χ0v) is 12.8. The van der Waals surface area contributed by atoms with E-state index >= 15 is 0 Å². The number of fused-ring (bicyclic) bond motifs is 1. The van der Waals surface area contributed by atoms with Crippen LogP contribution in [0.1, 0.15) is 59.1 Å². The summed E-state index contributed by atoms with van der Waals surface area (Å²) in [5.74, 6) is -0.204. The summed E-state index contributed by atoms with van der Waals surface area (Å²) >= 11 is 0. The molecule has 1 heterocycles. The van der Waals surface area contributed by atoms with Gasteiger partial charge in [0.15, 0.2) is 5.78 Å². The molecule has 0 saturated heterocycles. The molecule has 0 aliphatic heterocycles. The van der Waals surface area contributed by atoms with E-state index in [4.69, 9.17) is 9.47 Å². The van der Waals surface area contributed by atoms with E-state index < -0.39 is 0 Å².